The van der Waals surface area contributed by atoms with Gasteiger partial charge in [-0.3, -0.25) is 0 Å². The van der Waals surface area contributed by atoms with Crippen LogP contribution in [0.5, 0.6) is 0 Å². The molecule has 1 fully saturated rings. The van der Waals surface area contributed by atoms with Gasteiger partial charge in [0.15, 0.2) is 0 Å². The highest BCUT2D eigenvalue weighted by Crippen LogP contribution is 2.23. The number of ether oxygens (including phenoxy) is 1. The second-order valence-corrected chi connectivity index (χ2v) is 5.83. The number of nitrogens with two attached hydrogens (primary N) is 1. The predicted molar refractivity (Wildman–Crippen MR) is 64.5 cm³/mol. The van der Waals surface area contributed by atoms with Crippen LogP contribution in [0.15, 0.2) is 0 Å². The molecule has 3 unspecified atom stereocenters. The Morgan fingerprint density at radius 2 is 2.12 bits per heavy atom. The first-order chi connectivity index (χ1) is 7.69. The monoisotopic (exact) mass is 246 g/mol. The van der Waals surface area contributed by atoms with Crippen LogP contribution in [0.2, 0.25) is 0 Å². The van der Waals surface area contributed by atoms with E-state index in [2.05, 4.69) is 0 Å². The van der Waals surface area contributed by atoms with Crippen LogP contribution in [-0.2, 0) is 4.74 Å². The number of alkyl halides is 1. The molecule has 100 valence electrons. The summed E-state index contributed by atoms with van der Waals surface area (Å²) < 4.78 is 18.2. The molecule has 0 radical (unpaired) electrons. The van der Waals surface area contributed by atoms with Crippen molar-refractivity contribution in [2.45, 2.75) is 51.9 Å². The molecule has 2 N–H and O–H groups in total. The summed E-state index contributed by atoms with van der Waals surface area (Å²) in [4.78, 5) is 13.4. The van der Waals surface area contributed by atoms with Crippen molar-refractivity contribution in [3.63, 3.8) is 0 Å². The van der Waals surface area contributed by atoms with E-state index in [1.807, 2.05) is 20.8 Å². The number of hydrogen-bond donors (Lipinski definition) is 1. The second-order valence-electron chi connectivity index (χ2n) is 5.83. The molecule has 1 amide bonds. The molecule has 17 heavy (non-hydrogen) atoms. The maximum Gasteiger partial charge on any atom is 0.410 e. The van der Waals surface area contributed by atoms with Gasteiger partial charge in [0.2, 0.25) is 0 Å². The van der Waals surface area contributed by atoms with Crippen molar-refractivity contribution in [1.82, 2.24) is 4.90 Å². The average molecular weight is 246 g/mol. The first-order valence-corrected chi connectivity index (χ1v) is 6.06. The van der Waals surface area contributed by atoms with Gasteiger partial charge in [-0.15, -0.1) is 0 Å². The SMILES string of the molecule is CC(F)CC1CN(C(=O)OC(C)(C)C)CC1N. The second kappa shape index (κ2) is 5.21. The first-order valence-electron chi connectivity index (χ1n) is 6.06. The molecule has 3 atom stereocenters. The van der Waals surface area contributed by atoms with Gasteiger partial charge in [-0.2, -0.15) is 0 Å². The third-order valence-electron chi connectivity index (χ3n) is 2.77. The molecule has 0 aromatic rings. The van der Waals surface area contributed by atoms with Gasteiger partial charge in [0.1, 0.15) is 5.60 Å². The van der Waals surface area contributed by atoms with Gasteiger partial charge >= 0.3 is 6.09 Å². The van der Waals surface area contributed by atoms with E-state index < -0.39 is 11.8 Å². The Morgan fingerprint density at radius 1 is 1.53 bits per heavy atom. The Morgan fingerprint density at radius 3 is 2.59 bits per heavy atom. The molecule has 1 aliphatic rings. The molecule has 0 bridgehead atoms. The predicted octanol–water partition coefficient (Wildman–Crippen LogP) is 1.93. The van der Waals surface area contributed by atoms with E-state index in [0.29, 0.717) is 19.5 Å². The van der Waals surface area contributed by atoms with Crippen molar-refractivity contribution in [2.75, 3.05) is 13.1 Å². The van der Waals surface area contributed by atoms with Gasteiger partial charge in [0, 0.05) is 19.1 Å². The highest BCUT2D eigenvalue weighted by Gasteiger charge is 2.35. The fourth-order valence-corrected chi connectivity index (χ4v) is 2.04. The van der Waals surface area contributed by atoms with Crippen molar-refractivity contribution in [3.8, 4) is 0 Å². The maximum absolute atomic E-state index is 12.9. The largest absolute Gasteiger partial charge is 0.444 e. The Labute approximate surface area is 102 Å². The molecule has 1 heterocycles. The van der Waals surface area contributed by atoms with Crippen LogP contribution in [0.4, 0.5) is 9.18 Å². The molecule has 5 heteroatoms. The lowest BCUT2D eigenvalue weighted by Gasteiger charge is -2.24. The molecule has 1 aliphatic heterocycles. The van der Waals surface area contributed by atoms with Crippen LogP contribution in [0.3, 0.4) is 0 Å². The van der Waals surface area contributed by atoms with E-state index in [4.69, 9.17) is 10.5 Å². The zero-order chi connectivity index (χ0) is 13.2. The van der Waals surface area contributed by atoms with Crippen LogP contribution in [0, 0.1) is 5.92 Å². The zero-order valence-corrected chi connectivity index (χ0v) is 11.1. The number of halogens is 1. The number of amides is 1. The Bertz CT molecular complexity index is 276. The molecular formula is C12H23FN2O2. The average Bonchev–Trinajstić information content (AvgIpc) is 2.44. The van der Waals surface area contributed by atoms with Gasteiger partial charge in [0.25, 0.3) is 0 Å². The van der Waals surface area contributed by atoms with Gasteiger partial charge in [-0.05, 0) is 40.0 Å². The Kier molecular flexibility index (Phi) is 4.36. The summed E-state index contributed by atoms with van der Waals surface area (Å²) in [6.45, 7) is 7.92. The minimum Gasteiger partial charge on any atom is -0.444 e. The summed E-state index contributed by atoms with van der Waals surface area (Å²) in [5.41, 5.74) is 5.40. The normalized spacial score (nSPS) is 27.1. The van der Waals surface area contributed by atoms with Crippen molar-refractivity contribution >= 4 is 6.09 Å². The summed E-state index contributed by atoms with van der Waals surface area (Å²) in [5.74, 6) is 0.0301. The topological polar surface area (TPSA) is 55.6 Å². The summed E-state index contributed by atoms with van der Waals surface area (Å²) in [7, 11) is 0. The Balaban J connectivity index is 2.51. The number of carbonyl (C=O) groups is 1. The van der Waals surface area contributed by atoms with Crippen LogP contribution in [0.25, 0.3) is 0 Å². The van der Waals surface area contributed by atoms with Crippen molar-refractivity contribution in [1.29, 1.82) is 0 Å². The van der Waals surface area contributed by atoms with Crippen LogP contribution < -0.4 is 5.73 Å². The van der Waals surface area contributed by atoms with Crippen LogP contribution in [-0.4, -0.2) is 41.9 Å². The number of rotatable bonds is 2. The lowest BCUT2D eigenvalue weighted by molar-refractivity contribution is 0.0284. The number of nitrogens with zero attached hydrogens (tertiary/aromatic N) is 1. The lowest BCUT2D eigenvalue weighted by Crippen LogP contribution is -2.36. The minimum absolute atomic E-state index is 0.0301. The van der Waals surface area contributed by atoms with E-state index in [9.17, 15) is 9.18 Å². The quantitative estimate of drug-likeness (QED) is 0.810. The number of hydrogen-bond acceptors (Lipinski definition) is 3. The molecule has 0 aromatic carbocycles. The molecule has 0 aromatic heterocycles. The van der Waals surface area contributed by atoms with E-state index in [-0.39, 0.29) is 18.1 Å². The first kappa shape index (κ1) is 14.2. The van der Waals surface area contributed by atoms with Gasteiger partial charge < -0.3 is 15.4 Å². The van der Waals surface area contributed by atoms with Crippen LogP contribution >= 0.6 is 0 Å². The number of likely N-dealkylation sites (tertiary alicyclic amines) is 1. The zero-order valence-electron chi connectivity index (χ0n) is 11.1. The van der Waals surface area contributed by atoms with Crippen molar-refractivity contribution < 1.29 is 13.9 Å². The van der Waals surface area contributed by atoms with Crippen molar-refractivity contribution in [3.05, 3.63) is 0 Å². The molecule has 1 rings (SSSR count). The Hall–Kier alpha value is -0.840. The summed E-state index contributed by atoms with van der Waals surface area (Å²) in [5, 5.41) is 0. The standard InChI is InChI=1S/C12H23FN2O2/c1-8(13)5-9-6-15(7-10(9)14)11(16)17-12(2,3)4/h8-10H,5-7,14H2,1-4H3. The fraction of sp³-hybridized carbons (Fsp3) is 0.917. The van der Waals surface area contributed by atoms with E-state index >= 15 is 0 Å². The lowest BCUT2D eigenvalue weighted by atomic mass is 9.98. The van der Waals surface area contributed by atoms with Gasteiger partial charge in [-0.1, -0.05) is 0 Å². The third-order valence-corrected chi connectivity index (χ3v) is 2.77. The van der Waals surface area contributed by atoms with E-state index in [0.717, 1.165) is 0 Å². The van der Waals surface area contributed by atoms with E-state index in [1.165, 1.54) is 6.92 Å². The number of carbonyl (C=O) groups excluding carboxylic acids is 1. The van der Waals surface area contributed by atoms with Crippen molar-refractivity contribution in [2.24, 2.45) is 11.7 Å². The summed E-state index contributed by atoms with van der Waals surface area (Å²) in [6.07, 6.45) is -0.841. The van der Waals surface area contributed by atoms with Crippen LogP contribution in [0.1, 0.15) is 34.1 Å². The smallest absolute Gasteiger partial charge is 0.410 e. The van der Waals surface area contributed by atoms with Gasteiger partial charge in [0.05, 0.1) is 6.17 Å². The fourth-order valence-electron chi connectivity index (χ4n) is 2.04. The van der Waals surface area contributed by atoms with E-state index in [1.54, 1.807) is 4.90 Å². The third kappa shape index (κ3) is 4.50. The maximum atomic E-state index is 12.9. The summed E-state index contributed by atoms with van der Waals surface area (Å²) >= 11 is 0. The molecule has 4 nitrogen and oxygen atoms in total. The van der Waals surface area contributed by atoms with Gasteiger partial charge in [-0.25, -0.2) is 9.18 Å². The molecular weight excluding hydrogens is 223 g/mol. The molecule has 1 saturated heterocycles. The molecule has 0 saturated carbocycles. The summed E-state index contributed by atoms with van der Waals surface area (Å²) in [6, 6.07) is -0.152. The molecule has 0 spiro atoms. The highest BCUT2D eigenvalue weighted by atomic mass is 19.1. The molecule has 0 aliphatic carbocycles. The minimum atomic E-state index is -0.885. The highest BCUT2D eigenvalue weighted by molar-refractivity contribution is 5.68.